The molecule has 27 heavy (non-hydrogen) atoms. The number of carbonyl (C=O) groups excluding carboxylic acids is 2. The molecule has 0 unspecified atom stereocenters. The monoisotopic (exact) mass is 380 g/mol. The number of amides is 1. The molecule has 0 aliphatic carbocycles. The zero-order valence-corrected chi connectivity index (χ0v) is 15.9. The minimum atomic E-state index is -0.965. The molecular formula is C18H24N2O7. The number of nitro benzene ring substituents is 1. The first-order valence-corrected chi connectivity index (χ1v) is 8.68. The van der Waals surface area contributed by atoms with Crippen LogP contribution in [0.25, 0.3) is 0 Å². The molecule has 2 rings (SSSR count). The summed E-state index contributed by atoms with van der Waals surface area (Å²) in [5.41, 5.74) is -0.782. The van der Waals surface area contributed by atoms with Crippen molar-refractivity contribution in [2.75, 3.05) is 20.8 Å². The van der Waals surface area contributed by atoms with Crippen molar-refractivity contribution in [3.05, 3.63) is 27.8 Å². The van der Waals surface area contributed by atoms with Gasteiger partial charge in [-0.1, -0.05) is 0 Å². The van der Waals surface area contributed by atoms with Gasteiger partial charge < -0.3 is 19.1 Å². The van der Waals surface area contributed by atoms with Gasteiger partial charge in [0.1, 0.15) is 5.56 Å². The highest BCUT2D eigenvalue weighted by Crippen LogP contribution is 2.34. The lowest BCUT2D eigenvalue weighted by Crippen LogP contribution is -2.49. The lowest BCUT2D eigenvalue weighted by molar-refractivity contribution is -0.385. The number of carbonyl (C=O) groups is 2. The summed E-state index contributed by atoms with van der Waals surface area (Å²) in [4.78, 5) is 37.1. The van der Waals surface area contributed by atoms with Crippen molar-refractivity contribution >= 4 is 17.6 Å². The van der Waals surface area contributed by atoms with E-state index < -0.39 is 23.2 Å². The van der Waals surface area contributed by atoms with E-state index in [1.165, 1.54) is 20.3 Å². The normalized spacial score (nSPS) is 19.3. The summed E-state index contributed by atoms with van der Waals surface area (Å²) in [7, 11) is 2.68. The molecule has 1 aliphatic heterocycles. The highest BCUT2D eigenvalue weighted by molar-refractivity contribution is 5.96. The van der Waals surface area contributed by atoms with Crippen LogP contribution in [0.2, 0.25) is 0 Å². The van der Waals surface area contributed by atoms with Crippen LogP contribution in [-0.2, 0) is 9.53 Å². The van der Waals surface area contributed by atoms with E-state index in [4.69, 9.17) is 14.2 Å². The third kappa shape index (κ3) is 4.47. The van der Waals surface area contributed by atoms with Crippen LogP contribution in [-0.4, -0.2) is 54.6 Å². The third-order valence-corrected chi connectivity index (χ3v) is 4.73. The Labute approximate surface area is 157 Å². The van der Waals surface area contributed by atoms with Crippen molar-refractivity contribution < 1.29 is 28.7 Å². The first kappa shape index (κ1) is 20.5. The van der Waals surface area contributed by atoms with Gasteiger partial charge in [0.05, 0.1) is 25.2 Å². The fourth-order valence-corrected chi connectivity index (χ4v) is 3.38. The van der Waals surface area contributed by atoms with Crippen molar-refractivity contribution in [3.8, 4) is 11.5 Å². The fraction of sp³-hybridized carbons (Fsp3) is 0.556. The van der Waals surface area contributed by atoms with Gasteiger partial charge in [0.25, 0.3) is 11.6 Å². The number of benzene rings is 1. The molecule has 148 valence electrons. The predicted octanol–water partition coefficient (Wildman–Crippen LogP) is 2.56. The number of nitrogens with zero attached hydrogens (tertiary/aromatic N) is 2. The zero-order chi connectivity index (χ0) is 20.1. The van der Waals surface area contributed by atoms with E-state index in [9.17, 15) is 19.7 Å². The van der Waals surface area contributed by atoms with Crippen LogP contribution in [0.3, 0.4) is 0 Å². The number of rotatable bonds is 6. The van der Waals surface area contributed by atoms with E-state index in [1.54, 1.807) is 4.90 Å². The topological polar surface area (TPSA) is 108 Å². The summed E-state index contributed by atoms with van der Waals surface area (Å²) in [6, 6.07) is 2.40. The summed E-state index contributed by atoms with van der Waals surface area (Å²) < 4.78 is 15.2. The maximum absolute atomic E-state index is 12.5. The molecule has 1 fully saturated rings. The van der Waals surface area contributed by atoms with Crippen LogP contribution in [0.4, 0.5) is 5.69 Å². The van der Waals surface area contributed by atoms with E-state index in [2.05, 4.69) is 0 Å². The molecule has 0 N–H and O–H groups in total. The summed E-state index contributed by atoms with van der Waals surface area (Å²) in [5, 5.41) is 11.3. The number of likely N-dealkylation sites (tertiary alicyclic amines) is 1. The van der Waals surface area contributed by atoms with Crippen LogP contribution in [0, 0.1) is 10.1 Å². The Morgan fingerprint density at radius 3 is 2.22 bits per heavy atom. The Morgan fingerprint density at radius 1 is 1.15 bits per heavy atom. The average molecular weight is 380 g/mol. The summed E-state index contributed by atoms with van der Waals surface area (Å²) in [6.07, 6.45) is 2.83. The van der Waals surface area contributed by atoms with Gasteiger partial charge >= 0.3 is 5.97 Å². The summed E-state index contributed by atoms with van der Waals surface area (Å²) >= 11 is 0. The maximum atomic E-state index is 12.5. The second-order valence-corrected chi connectivity index (χ2v) is 6.49. The highest BCUT2D eigenvalue weighted by atomic mass is 16.6. The maximum Gasteiger partial charge on any atom is 0.345 e. The van der Waals surface area contributed by atoms with E-state index in [1.807, 2.05) is 13.8 Å². The number of piperidine rings is 1. The lowest BCUT2D eigenvalue weighted by atomic mass is 9.97. The summed E-state index contributed by atoms with van der Waals surface area (Å²) in [5.74, 6) is -1.01. The van der Waals surface area contributed by atoms with Gasteiger partial charge in [0.2, 0.25) is 0 Å². The smallest absolute Gasteiger partial charge is 0.345 e. The largest absolute Gasteiger partial charge is 0.493 e. The Balaban J connectivity index is 2.17. The van der Waals surface area contributed by atoms with Crippen LogP contribution in [0.15, 0.2) is 12.1 Å². The van der Waals surface area contributed by atoms with Crippen molar-refractivity contribution in [3.63, 3.8) is 0 Å². The summed E-state index contributed by atoms with van der Waals surface area (Å²) in [6.45, 7) is 3.43. The molecule has 1 heterocycles. The van der Waals surface area contributed by atoms with Gasteiger partial charge in [-0.15, -0.1) is 0 Å². The van der Waals surface area contributed by atoms with Gasteiger partial charge in [0, 0.05) is 18.2 Å². The highest BCUT2D eigenvalue weighted by Gasteiger charge is 2.31. The second kappa shape index (κ2) is 8.70. The van der Waals surface area contributed by atoms with Gasteiger partial charge in [0.15, 0.2) is 18.1 Å². The van der Waals surface area contributed by atoms with Crippen LogP contribution >= 0.6 is 0 Å². The number of ether oxygens (including phenoxy) is 3. The van der Waals surface area contributed by atoms with E-state index >= 15 is 0 Å². The van der Waals surface area contributed by atoms with Gasteiger partial charge in [-0.05, 0) is 33.1 Å². The van der Waals surface area contributed by atoms with Crippen molar-refractivity contribution in [2.45, 2.75) is 45.2 Å². The molecule has 9 nitrogen and oxygen atoms in total. The SMILES string of the molecule is COc1cc(C(=O)OCC(=O)N2[C@@H](C)CCC[C@@H]2C)c([N+](=O)[O-])cc1OC. The Hall–Kier alpha value is -2.84. The number of hydrogen-bond acceptors (Lipinski definition) is 7. The molecule has 1 aromatic rings. The molecule has 9 heteroatoms. The van der Waals surface area contributed by atoms with Gasteiger partial charge in [-0.2, -0.15) is 0 Å². The van der Waals surface area contributed by atoms with Crippen LogP contribution in [0.5, 0.6) is 11.5 Å². The van der Waals surface area contributed by atoms with E-state index in [0.717, 1.165) is 25.3 Å². The third-order valence-electron chi connectivity index (χ3n) is 4.73. The van der Waals surface area contributed by atoms with Gasteiger partial charge in [-0.25, -0.2) is 4.79 Å². The molecule has 0 spiro atoms. The van der Waals surface area contributed by atoms with E-state index in [0.29, 0.717) is 0 Å². The first-order valence-electron chi connectivity index (χ1n) is 8.68. The van der Waals surface area contributed by atoms with Crippen molar-refractivity contribution in [2.24, 2.45) is 0 Å². The Kier molecular flexibility index (Phi) is 6.59. The molecular weight excluding hydrogens is 356 g/mol. The fourth-order valence-electron chi connectivity index (χ4n) is 3.38. The molecule has 2 atom stereocenters. The standard InChI is InChI=1S/C18H24N2O7/c1-11-6-5-7-12(2)19(11)17(21)10-27-18(22)13-8-15(25-3)16(26-4)9-14(13)20(23)24/h8-9,11-12H,5-7,10H2,1-4H3/t11-,12-/m0/s1. The zero-order valence-electron chi connectivity index (χ0n) is 15.9. The number of nitro groups is 1. The molecule has 0 saturated carbocycles. The van der Waals surface area contributed by atoms with Crippen molar-refractivity contribution in [1.82, 2.24) is 4.90 Å². The molecule has 1 amide bonds. The number of esters is 1. The molecule has 0 bridgehead atoms. The quantitative estimate of drug-likeness (QED) is 0.424. The second-order valence-electron chi connectivity index (χ2n) is 6.49. The van der Waals surface area contributed by atoms with Gasteiger partial charge in [-0.3, -0.25) is 14.9 Å². The van der Waals surface area contributed by atoms with E-state index in [-0.39, 0.29) is 35.1 Å². The van der Waals surface area contributed by atoms with Crippen LogP contribution < -0.4 is 9.47 Å². The molecule has 0 radical (unpaired) electrons. The Morgan fingerprint density at radius 2 is 1.70 bits per heavy atom. The first-order chi connectivity index (χ1) is 12.8. The molecule has 1 aliphatic rings. The minimum Gasteiger partial charge on any atom is -0.493 e. The molecule has 1 aromatic carbocycles. The van der Waals surface area contributed by atoms with Crippen molar-refractivity contribution in [1.29, 1.82) is 0 Å². The predicted molar refractivity (Wildman–Crippen MR) is 96.1 cm³/mol. The Bertz CT molecular complexity index is 725. The average Bonchev–Trinajstić information content (AvgIpc) is 2.64. The molecule has 0 aromatic heterocycles. The van der Waals surface area contributed by atoms with Crippen LogP contribution in [0.1, 0.15) is 43.5 Å². The molecule has 1 saturated heterocycles. The number of methoxy groups -OCH3 is 2. The minimum absolute atomic E-state index is 0.0652. The lowest BCUT2D eigenvalue weighted by Gasteiger charge is -2.38. The number of hydrogen-bond donors (Lipinski definition) is 0.